The molecule has 1 amide bonds. The third-order valence-electron chi connectivity index (χ3n) is 3.16. The maximum absolute atomic E-state index is 11.2. The van der Waals surface area contributed by atoms with Crippen molar-refractivity contribution in [3.05, 3.63) is 5.89 Å². The van der Waals surface area contributed by atoms with Crippen molar-refractivity contribution in [2.24, 2.45) is 17.4 Å². The Labute approximate surface area is 99.1 Å². The van der Waals surface area contributed by atoms with Crippen LogP contribution in [0.3, 0.4) is 0 Å². The average Bonchev–Trinajstić information content (AvgIpc) is 2.77. The van der Waals surface area contributed by atoms with Gasteiger partial charge in [-0.25, -0.2) is 0 Å². The van der Waals surface area contributed by atoms with Crippen LogP contribution in [0, 0.1) is 5.92 Å². The molecule has 0 spiro atoms. The van der Waals surface area contributed by atoms with Crippen LogP contribution >= 0.6 is 0 Å². The highest BCUT2D eigenvalue weighted by molar-refractivity contribution is 5.77. The number of piperidine rings is 1. The molecule has 2 rings (SSSR count). The summed E-state index contributed by atoms with van der Waals surface area (Å²) in [6.07, 6.45) is 1.69. The van der Waals surface area contributed by atoms with Crippen LogP contribution in [-0.2, 0) is 11.3 Å². The Morgan fingerprint density at radius 1 is 1.53 bits per heavy atom. The fourth-order valence-corrected chi connectivity index (χ4v) is 2.05. The van der Waals surface area contributed by atoms with E-state index in [0.29, 0.717) is 18.5 Å². The summed E-state index contributed by atoms with van der Waals surface area (Å²) in [5.74, 6) is -0.0340. The molecule has 1 aliphatic heterocycles. The number of hydrogen-bond donors (Lipinski definition) is 2. The molecule has 94 valence electrons. The van der Waals surface area contributed by atoms with Crippen molar-refractivity contribution in [1.82, 2.24) is 10.2 Å². The summed E-state index contributed by atoms with van der Waals surface area (Å²) in [5, 5.41) is 7.75. The first-order chi connectivity index (χ1) is 8.11. The molecule has 0 aliphatic carbocycles. The maximum Gasteiger partial charge on any atom is 0.318 e. The van der Waals surface area contributed by atoms with Crippen LogP contribution in [0.4, 0.5) is 6.01 Å². The Bertz CT molecular complexity index is 405. The largest absolute Gasteiger partial charge is 0.407 e. The third kappa shape index (κ3) is 2.38. The van der Waals surface area contributed by atoms with Gasteiger partial charge in [0.15, 0.2) is 0 Å². The summed E-state index contributed by atoms with van der Waals surface area (Å²) in [6.45, 7) is 2.81. The lowest BCUT2D eigenvalue weighted by molar-refractivity contribution is -0.122. The average molecular weight is 239 g/mol. The molecule has 1 aromatic heterocycles. The Morgan fingerprint density at radius 2 is 2.29 bits per heavy atom. The zero-order valence-electron chi connectivity index (χ0n) is 9.80. The molecule has 1 saturated heterocycles. The first-order valence-corrected chi connectivity index (χ1v) is 5.70. The quantitative estimate of drug-likeness (QED) is 0.743. The molecule has 0 bridgehead atoms. The van der Waals surface area contributed by atoms with E-state index in [1.54, 1.807) is 0 Å². The van der Waals surface area contributed by atoms with Gasteiger partial charge in [-0.3, -0.25) is 4.79 Å². The first kappa shape index (κ1) is 11.8. The van der Waals surface area contributed by atoms with Crippen molar-refractivity contribution in [1.29, 1.82) is 0 Å². The molecule has 1 aromatic rings. The van der Waals surface area contributed by atoms with Gasteiger partial charge in [0.1, 0.15) is 0 Å². The van der Waals surface area contributed by atoms with Gasteiger partial charge in [-0.2, -0.15) is 0 Å². The van der Waals surface area contributed by atoms with Crippen LogP contribution in [0.2, 0.25) is 0 Å². The van der Waals surface area contributed by atoms with Gasteiger partial charge >= 0.3 is 6.01 Å². The Hall–Kier alpha value is -1.63. The van der Waals surface area contributed by atoms with Crippen LogP contribution in [0.25, 0.3) is 0 Å². The number of rotatable bonds is 3. The fraction of sp³-hybridized carbons (Fsp3) is 0.700. The number of hydrogen-bond acceptors (Lipinski definition) is 6. The highest BCUT2D eigenvalue weighted by Gasteiger charge is 2.31. The second-order valence-corrected chi connectivity index (χ2v) is 4.36. The highest BCUT2D eigenvalue weighted by atomic mass is 16.4. The summed E-state index contributed by atoms with van der Waals surface area (Å²) in [6, 6.07) is 0.681. The smallest absolute Gasteiger partial charge is 0.318 e. The molecule has 7 heteroatoms. The van der Waals surface area contributed by atoms with E-state index in [0.717, 1.165) is 12.8 Å². The number of carbonyl (C=O) groups excluding carboxylic acids is 1. The SMILES string of the molecule is CC1CCC(C(N)=O)CN1c1nnc(CN)o1. The van der Waals surface area contributed by atoms with Gasteiger partial charge in [-0.1, -0.05) is 5.10 Å². The predicted molar refractivity (Wildman–Crippen MR) is 60.9 cm³/mol. The number of nitrogens with zero attached hydrogens (tertiary/aromatic N) is 3. The molecular weight excluding hydrogens is 222 g/mol. The number of aromatic nitrogens is 2. The van der Waals surface area contributed by atoms with Gasteiger partial charge in [-0.15, -0.1) is 5.10 Å². The highest BCUT2D eigenvalue weighted by Crippen LogP contribution is 2.26. The van der Waals surface area contributed by atoms with E-state index in [-0.39, 0.29) is 24.4 Å². The van der Waals surface area contributed by atoms with E-state index >= 15 is 0 Å². The van der Waals surface area contributed by atoms with E-state index in [1.165, 1.54) is 0 Å². The van der Waals surface area contributed by atoms with Crippen molar-refractivity contribution < 1.29 is 9.21 Å². The lowest BCUT2D eigenvalue weighted by Gasteiger charge is -2.35. The van der Waals surface area contributed by atoms with E-state index in [2.05, 4.69) is 17.1 Å². The maximum atomic E-state index is 11.2. The lowest BCUT2D eigenvalue weighted by Crippen LogP contribution is -2.46. The van der Waals surface area contributed by atoms with E-state index in [1.807, 2.05) is 4.90 Å². The Morgan fingerprint density at radius 3 is 2.88 bits per heavy atom. The molecule has 2 atom stereocenters. The molecule has 7 nitrogen and oxygen atoms in total. The molecule has 1 fully saturated rings. The Balaban J connectivity index is 2.14. The van der Waals surface area contributed by atoms with E-state index in [9.17, 15) is 4.79 Å². The van der Waals surface area contributed by atoms with Crippen LogP contribution in [-0.4, -0.2) is 28.7 Å². The molecule has 0 radical (unpaired) electrons. The molecular formula is C10H17N5O2. The molecule has 0 aromatic carbocycles. The van der Waals surface area contributed by atoms with Gasteiger partial charge < -0.3 is 20.8 Å². The summed E-state index contributed by atoms with van der Waals surface area (Å²) >= 11 is 0. The first-order valence-electron chi connectivity index (χ1n) is 5.70. The van der Waals surface area contributed by atoms with Gasteiger partial charge in [0.05, 0.1) is 12.5 Å². The normalized spacial score (nSPS) is 24.9. The molecule has 2 unspecified atom stereocenters. The number of anilines is 1. The van der Waals surface area contributed by atoms with Crippen LogP contribution in [0.1, 0.15) is 25.7 Å². The molecule has 0 saturated carbocycles. The summed E-state index contributed by atoms with van der Waals surface area (Å²) < 4.78 is 5.40. The fourth-order valence-electron chi connectivity index (χ4n) is 2.05. The second kappa shape index (κ2) is 4.70. The molecule has 17 heavy (non-hydrogen) atoms. The summed E-state index contributed by atoms with van der Waals surface area (Å²) in [5.41, 5.74) is 10.7. The number of primary amides is 1. The van der Waals surface area contributed by atoms with Crippen LogP contribution in [0.5, 0.6) is 0 Å². The number of nitrogens with two attached hydrogens (primary N) is 2. The zero-order chi connectivity index (χ0) is 12.4. The standard InChI is InChI=1S/C10H17N5O2/c1-6-2-3-7(9(12)16)5-15(6)10-14-13-8(4-11)17-10/h6-7H,2-5,11H2,1H3,(H2,12,16). The van der Waals surface area contributed by atoms with Gasteiger partial charge in [0.25, 0.3) is 0 Å². The van der Waals surface area contributed by atoms with E-state index < -0.39 is 0 Å². The van der Waals surface area contributed by atoms with Crippen molar-refractivity contribution >= 4 is 11.9 Å². The Kier molecular flexibility index (Phi) is 3.28. The van der Waals surface area contributed by atoms with Gasteiger partial charge in [-0.05, 0) is 19.8 Å². The molecule has 2 heterocycles. The number of amides is 1. The minimum Gasteiger partial charge on any atom is -0.407 e. The van der Waals surface area contributed by atoms with Gasteiger partial charge in [0.2, 0.25) is 11.8 Å². The number of carbonyl (C=O) groups is 1. The molecule has 4 N–H and O–H groups in total. The van der Waals surface area contributed by atoms with Crippen molar-refractivity contribution in [2.45, 2.75) is 32.4 Å². The van der Waals surface area contributed by atoms with Crippen molar-refractivity contribution in [2.75, 3.05) is 11.4 Å². The second-order valence-electron chi connectivity index (χ2n) is 4.36. The minimum absolute atomic E-state index is 0.153. The third-order valence-corrected chi connectivity index (χ3v) is 3.16. The summed E-state index contributed by atoms with van der Waals surface area (Å²) in [7, 11) is 0. The monoisotopic (exact) mass is 239 g/mol. The lowest BCUT2D eigenvalue weighted by atomic mass is 9.93. The zero-order valence-corrected chi connectivity index (χ0v) is 9.80. The molecule has 1 aliphatic rings. The summed E-state index contributed by atoms with van der Waals surface area (Å²) in [4.78, 5) is 13.1. The van der Waals surface area contributed by atoms with Crippen LogP contribution < -0.4 is 16.4 Å². The topological polar surface area (TPSA) is 111 Å². The van der Waals surface area contributed by atoms with Crippen LogP contribution in [0.15, 0.2) is 4.42 Å². The van der Waals surface area contributed by atoms with Gasteiger partial charge in [0, 0.05) is 12.6 Å². The van der Waals surface area contributed by atoms with Crippen molar-refractivity contribution in [3.63, 3.8) is 0 Å². The van der Waals surface area contributed by atoms with E-state index in [4.69, 9.17) is 15.9 Å². The van der Waals surface area contributed by atoms with Crippen molar-refractivity contribution in [3.8, 4) is 0 Å². The minimum atomic E-state index is -0.277. The predicted octanol–water partition coefficient (Wildman–Crippen LogP) is -0.381.